The van der Waals surface area contributed by atoms with Crippen LogP contribution < -0.4 is 5.32 Å². The Hall–Kier alpha value is -4.00. The van der Waals surface area contributed by atoms with Crippen LogP contribution >= 0.6 is 0 Å². The molecule has 0 spiro atoms. The van der Waals surface area contributed by atoms with Crippen molar-refractivity contribution in [2.75, 3.05) is 5.32 Å². The molecule has 0 unspecified atom stereocenters. The summed E-state index contributed by atoms with van der Waals surface area (Å²) in [4.78, 5) is 22.9. The van der Waals surface area contributed by atoms with Crippen LogP contribution in [0.4, 0.5) is 10.3 Å². The highest BCUT2D eigenvalue weighted by Crippen LogP contribution is 2.23. The molecule has 1 atom stereocenters. The molecule has 31 heavy (non-hydrogen) atoms. The van der Waals surface area contributed by atoms with Crippen LogP contribution in [0.15, 0.2) is 84.0 Å². The second-order valence-electron chi connectivity index (χ2n) is 7.33. The Kier molecular flexibility index (Phi) is 4.92. The third-order valence-electron chi connectivity index (χ3n) is 5.21. The van der Waals surface area contributed by atoms with Gasteiger partial charge < -0.3 is 9.40 Å². The molecule has 1 N–H and O–H groups in total. The van der Waals surface area contributed by atoms with Gasteiger partial charge in [-0.2, -0.15) is 0 Å². The first-order valence-corrected chi connectivity index (χ1v) is 9.96. The molecule has 7 heteroatoms. The fourth-order valence-electron chi connectivity index (χ4n) is 3.62. The summed E-state index contributed by atoms with van der Waals surface area (Å²) >= 11 is 0. The maximum atomic E-state index is 13.2. The molecular formula is C24H19FN4O2. The van der Waals surface area contributed by atoms with Gasteiger partial charge in [0.2, 0.25) is 12.1 Å². The number of para-hydroxylation sites is 2. The molecule has 154 valence electrons. The summed E-state index contributed by atoms with van der Waals surface area (Å²) in [5.41, 5.74) is 4.16. The molecule has 0 saturated heterocycles. The SMILES string of the molecule is O=C(Nc1nc2ccccc2n1Cc1ccccc1)[C@H]1CC(c2ccc(F)cc2)=NO1. The minimum absolute atomic E-state index is 0.302. The van der Waals surface area contributed by atoms with Crippen LogP contribution in [0.1, 0.15) is 17.5 Å². The van der Waals surface area contributed by atoms with Crippen molar-refractivity contribution in [1.82, 2.24) is 9.55 Å². The summed E-state index contributed by atoms with van der Waals surface area (Å²) < 4.78 is 15.1. The number of carbonyl (C=O) groups is 1. The second-order valence-corrected chi connectivity index (χ2v) is 7.33. The van der Waals surface area contributed by atoms with E-state index in [9.17, 15) is 9.18 Å². The molecule has 3 aromatic carbocycles. The number of rotatable bonds is 5. The number of amides is 1. The van der Waals surface area contributed by atoms with Crippen LogP contribution in [-0.2, 0) is 16.2 Å². The lowest BCUT2D eigenvalue weighted by atomic mass is 10.0. The van der Waals surface area contributed by atoms with Crippen LogP contribution in [0.5, 0.6) is 0 Å². The van der Waals surface area contributed by atoms with Gasteiger partial charge in [-0.15, -0.1) is 0 Å². The van der Waals surface area contributed by atoms with Crippen LogP contribution in [0.2, 0.25) is 0 Å². The fraction of sp³-hybridized carbons (Fsp3) is 0.125. The molecule has 0 fully saturated rings. The number of aromatic nitrogens is 2. The summed E-state index contributed by atoms with van der Waals surface area (Å²) in [7, 11) is 0. The molecule has 1 aromatic heterocycles. The number of nitrogens with one attached hydrogen (secondary N) is 1. The third kappa shape index (κ3) is 3.90. The summed E-state index contributed by atoms with van der Waals surface area (Å²) in [5, 5.41) is 6.92. The zero-order chi connectivity index (χ0) is 21.2. The molecule has 5 rings (SSSR count). The summed E-state index contributed by atoms with van der Waals surface area (Å²) in [6.07, 6.45) is -0.471. The minimum atomic E-state index is -0.773. The van der Waals surface area contributed by atoms with Gasteiger partial charge in [0.25, 0.3) is 5.91 Å². The summed E-state index contributed by atoms with van der Waals surface area (Å²) in [6.45, 7) is 0.569. The van der Waals surface area contributed by atoms with Gasteiger partial charge >= 0.3 is 0 Å². The predicted molar refractivity (Wildman–Crippen MR) is 116 cm³/mol. The van der Waals surface area contributed by atoms with Crippen molar-refractivity contribution >= 4 is 28.6 Å². The Bertz CT molecular complexity index is 1270. The minimum Gasteiger partial charge on any atom is -0.382 e. The largest absolute Gasteiger partial charge is 0.382 e. The van der Waals surface area contributed by atoms with Gasteiger partial charge in [-0.3, -0.25) is 10.1 Å². The fourth-order valence-corrected chi connectivity index (χ4v) is 3.62. The van der Waals surface area contributed by atoms with Gasteiger partial charge in [0.1, 0.15) is 5.82 Å². The average Bonchev–Trinajstić information content (AvgIpc) is 3.41. The zero-order valence-electron chi connectivity index (χ0n) is 16.5. The average molecular weight is 414 g/mol. The summed E-state index contributed by atoms with van der Waals surface area (Å²) in [5.74, 6) is -0.200. The van der Waals surface area contributed by atoms with Gasteiger partial charge in [0, 0.05) is 6.42 Å². The molecule has 0 saturated carbocycles. The highest BCUT2D eigenvalue weighted by atomic mass is 19.1. The van der Waals surface area contributed by atoms with E-state index in [1.165, 1.54) is 12.1 Å². The van der Waals surface area contributed by atoms with E-state index in [0.717, 1.165) is 22.2 Å². The quantitative estimate of drug-likeness (QED) is 0.528. The Morgan fingerprint density at radius 1 is 1.03 bits per heavy atom. The van der Waals surface area contributed by atoms with Gasteiger partial charge in [0.05, 0.1) is 23.3 Å². The highest BCUT2D eigenvalue weighted by Gasteiger charge is 2.30. The van der Waals surface area contributed by atoms with Crippen LogP contribution in [-0.4, -0.2) is 27.3 Å². The van der Waals surface area contributed by atoms with E-state index in [1.54, 1.807) is 12.1 Å². The second kappa shape index (κ2) is 8.02. The van der Waals surface area contributed by atoms with Crippen molar-refractivity contribution in [3.05, 3.63) is 95.8 Å². The van der Waals surface area contributed by atoms with Crippen molar-refractivity contribution < 1.29 is 14.0 Å². The molecule has 1 aliphatic heterocycles. The highest BCUT2D eigenvalue weighted by molar-refractivity contribution is 6.06. The first-order valence-electron chi connectivity index (χ1n) is 9.96. The van der Waals surface area contributed by atoms with E-state index in [2.05, 4.69) is 15.5 Å². The molecule has 0 aliphatic carbocycles. The van der Waals surface area contributed by atoms with Crippen molar-refractivity contribution in [1.29, 1.82) is 0 Å². The van der Waals surface area contributed by atoms with Crippen LogP contribution in [0.3, 0.4) is 0 Å². The van der Waals surface area contributed by atoms with E-state index in [4.69, 9.17) is 4.84 Å². The molecule has 0 bridgehead atoms. The number of hydrogen-bond acceptors (Lipinski definition) is 4. The van der Waals surface area contributed by atoms with Crippen molar-refractivity contribution in [3.8, 4) is 0 Å². The number of benzene rings is 3. The lowest BCUT2D eigenvalue weighted by Gasteiger charge is -2.12. The molecule has 1 aliphatic rings. The monoisotopic (exact) mass is 414 g/mol. The van der Waals surface area contributed by atoms with E-state index in [-0.39, 0.29) is 11.7 Å². The number of fused-ring (bicyclic) bond motifs is 1. The summed E-state index contributed by atoms with van der Waals surface area (Å²) in [6, 6.07) is 23.7. The Morgan fingerprint density at radius 2 is 1.77 bits per heavy atom. The molecule has 2 heterocycles. The van der Waals surface area contributed by atoms with Gasteiger partial charge in [-0.05, 0) is 35.4 Å². The lowest BCUT2D eigenvalue weighted by Crippen LogP contribution is -2.29. The topological polar surface area (TPSA) is 68.5 Å². The van der Waals surface area contributed by atoms with Crippen molar-refractivity contribution in [2.24, 2.45) is 5.16 Å². The normalized spacial score (nSPS) is 15.5. The van der Waals surface area contributed by atoms with Gasteiger partial charge in [0.15, 0.2) is 0 Å². The molecular weight excluding hydrogens is 395 g/mol. The predicted octanol–water partition coefficient (Wildman–Crippen LogP) is 4.36. The zero-order valence-corrected chi connectivity index (χ0v) is 16.5. The maximum absolute atomic E-state index is 13.2. The van der Waals surface area contributed by atoms with E-state index >= 15 is 0 Å². The van der Waals surface area contributed by atoms with Gasteiger partial charge in [-0.1, -0.05) is 59.8 Å². The molecule has 0 radical (unpaired) electrons. The Morgan fingerprint density at radius 3 is 2.58 bits per heavy atom. The van der Waals surface area contributed by atoms with Gasteiger partial charge in [-0.25, -0.2) is 9.37 Å². The van der Waals surface area contributed by atoms with Crippen LogP contribution in [0, 0.1) is 5.82 Å². The Balaban J connectivity index is 1.36. The first kappa shape index (κ1) is 19.0. The number of carbonyl (C=O) groups excluding carboxylic acids is 1. The number of anilines is 1. The molecule has 1 amide bonds. The van der Waals surface area contributed by atoms with Crippen LogP contribution in [0.25, 0.3) is 11.0 Å². The number of nitrogens with zero attached hydrogens (tertiary/aromatic N) is 3. The lowest BCUT2D eigenvalue weighted by molar-refractivity contribution is -0.125. The van der Waals surface area contributed by atoms with Crippen molar-refractivity contribution in [2.45, 2.75) is 19.1 Å². The number of halogens is 1. The third-order valence-corrected chi connectivity index (χ3v) is 5.21. The van der Waals surface area contributed by atoms with E-state index in [1.807, 2.05) is 59.2 Å². The van der Waals surface area contributed by atoms with Crippen molar-refractivity contribution in [3.63, 3.8) is 0 Å². The molecule has 4 aromatic rings. The molecule has 6 nitrogen and oxygen atoms in total. The standard InChI is InChI=1S/C24H19FN4O2/c25-18-12-10-17(11-13-18)20-14-22(31-28-20)23(30)27-24-26-19-8-4-5-9-21(19)29(24)15-16-6-2-1-3-7-16/h1-13,22H,14-15H2,(H,26,27,30)/t22-/m1/s1. The number of oxime groups is 1. The number of imidazole rings is 1. The maximum Gasteiger partial charge on any atom is 0.271 e. The number of hydrogen-bond donors (Lipinski definition) is 1. The van der Waals surface area contributed by atoms with E-state index < -0.39 is 6.10 Å². The Labute approximate surface area is 178 Å². The van der Waals surface area contributed by atoms with E-state index in [0.29, 0.717) is 24.6 Å². The first-order chi connectivity index (χ1) is 15.2. The smallest absolute Gasteiger partial charge is 0.271 e.